The molecule has 0 fully saturated rings. The molecule has 1 unspecified atom stereocenters. The Kier molecular flexibility index (Phi) is 7.48. The molecule has 1 atom stereocenters. The number of rotatable bonds is 9. The molecule has 6 nitrogen and oxygen atoms in total. The van der Waals surface area contributed by atoms with E-state index >= 15 is 0 Å². The Morgan fingerprint density at radius 2 is 1.44 bits per heavy atom. The molecule has 0 aliphatic rings. The first-order valence-electron chi connectivity index (χ1n) is 5.63. The van der Waals surface area contributed by atoms with Crippen LogP contribution in [0.15, 0.2) is 0 Å². The Bertz CT molecular complexity index is 197. The molecule has 0 aliphatic carbocycles. The topological polar surface area (TPSA) is 70.8 Å². The van der Waals surface area contributed by atoms with Crippen LogP contribution in [-0.2, 0) is 13.3 Å². The van der Waals surface area contributed by atoms with E-state index in [0.29, 0.717) is 26.2 Å². The predicted octanol–water partition coefficient (Wildman–Crippen LogP) is 1.63. The molecule has 0 saturated carbocycles. The van der Waals surface area contributed by atoms with Crippen molar-refractivity contribution in [3.05, 3.63) is 10.1 Å². The maximum Gasteiger partial charge on any atom is 0.579 e. The summed E-state index contributed by atoms with van der Waals surface area (Å²) in [4.78, 5) is 10.6. The highest BCUT2D eigenvalue weighted by Gasteiger charge is 2.56. The molecule has 0 aromatic heterocycles. The van der Waals surface area contributed by atoms with Crippen molar-refractivity contribution in [1.29, 1.82) is 0 Å². The number of hydrogen-bond acceptors (Lipinski definition) is 5. The number of hydrogen-bond donors (Lipinski definition) is 0. The van der Waals surface area contributed by atoms with Gasteiger partial charge in [0.25, 0.3) is 5.67 Å². The van der Waals surface area contributed by atoms with Gasteiger partial charge >= 0.3 is 8.80 Å². The maximum absolute atomic E-state index is 11.0. The fourth-order valence-corrected chi connectivity index (χ4v) is 4.34. The van der Waals surface area contributed by atoms with Gasteiger partial charge in [0.05, 0.1) is 0 Å². The molecule has 0 aliphatic heterocycles. The van der Waals surface area contributed by atoms with Crippen LogP contribution >= 0.6 is 0 Å². The van der Waals surface area contributed by atoms with E-state index in [1.165, 1.54) is 0 Å². The molecule has 0 saturated heterocycles. The molecule has 7 heteroatoms. The summed E-state index contributed by atoms with van der Waals surface area (Å²) in [6, 6.07) is 0. The van der Waals surface area contributed by atoms with Crippen LogP contribution in [0.3, 0.4) is 0 Å². The lowest BCUT2D eigenvalue weighted by Gasteiger charge is -2.29. The molecule has 0 radical (unpaired) electrons. The minimum atomic E-state index is -3.19. The van der Waals surface area contributed by atoms with Crippen LogP contribution < -0.4 is 0 Å². The van der Waals surface area contributed by atoms with E-state index in [4.69, 9.17) is 13.3 Å². The lowest BCUT2D eigenvalue weighted by molar-refractivity contribution is -0.509. The van der Waals surface area contributed by atoms with Crippen molar-refractivity contribution in [3.63, 3.8) is 0 Å². The van der Waals surface area contributed by atoms with Crippen molar-refractivity contribution in [3.8, 4) is 0 Å². The molecule has 0 N–H and O–H groups in total. The van der Waals surface area contributed by atoms with E-state index in [2.05, 4.69) is 0 Å². The zero-order chi connectivity index (χ0) is 12.6. The molecule has 0 rings (SSSR count). The third-order valence-corrected chi connectivity index (χ3v) is 5.59. The van der Waals surface area contributed by atoms with E-state index < -0.39 is 14.5 Å². The van der Waals surface area contributed by atoms with Crippen molar-refractivity contribution in [2.75, 3.05) is 19.8 Å². The molecule has 0 aromatic carbocycles. The first kappa shape index (κ1) is 15.5. The summed E-state index contributed by atoms with van der Waals surface area (Å²) in [7, 11) is -3.19. The SMILES string of the molecule is CCO[Si](OCC)(OCC)C(CC)[N+](=O)[O-]. The first-order chi connectivity index (χ1) is 7.57. The molecule has 16 heavy (non-hydrogen) atoms. The average Bonchev–Trinajstić information content (AvgIpc) is 2.19. The van der Waals surface area contributed by atoms with Gasteiger partial charge in [-0.25, -0.2) is 0 Å². The molecule has 0 heterocycles. The van der Waals surface area contributed by atoms with Crippen LogP contribution in [-0.4, -0.2) is 39.2 Å². The van der Waals surface area contributed by atoms with Crippen LogP contribution in [0.25, 0.3) is 0 Å². The van der Waals surface area contributed by atoms with E-state index in [9.17, 15) is 10.1 Å². The largest absolute Gasteiger partial charge is 0.579 e. The Morgan fingerprint density at radius 3 is 1.62 bits per heavy atom. The zero-order valence-corrected chi connectivity index (χ0v) is 11.4. The lowest BCUT2D eigenvalue weighted by Crippen LogP contribution is -2.59. The fourth-order valence-electron chi connectivity index (χ4n) is 1.55. The Hall–Kier alpha value is -0.503. The predicted molar refractivity (Wildman–Crippen MR) is 61.7 cm³/mol. The second-order valence-corrected chi connectivity index (χ2v) is 5.85. The van der Waals surface area contributed by atoms with Gasteiger partial charge < -0.3 is 13.3 Å². The Balaban J connectivity index is 5.01. The summed E-state index contributed by atoms with van der Waals surface area (Å²) < 4.78 is 16.4. The maximum atomic E-state index is 11.0. The van der Waals surface area contributed by atoms with Crippen LogP contribution in [0, 0.1) is 10.1 Å². The first-order valence-corrected chi connectivity index (χ1v) is 7.43. The van der Waals surface area contributed by atoms with Gasteiger partial charge in [-0.15, -0.1) is 0 Å². The zero-order valence-electron chi connectivity index (χ0n) is 10.4. The quantitative estimate of drug-likeness (QED) is 0.354. The summed E-state index contributed by atoms with van der Waals surface area (Å²) in [5.74, 6) is 0. The smallest absolute Gasteiger partial charge is 0.370 e. The van der Waals surface area contributed by atoms with Crippen molar-refractivity contribution < 1.29 is 18.2 Å². The summed E-state index contributed by atoms with van der Waals surface area (Å²) in [6.07, 6.45) is 0.346. The third-order valence-electron chi connectivity index (χ3n) is 2.09. The van der Waals surface area contributed by atoms with Crippen LogP contribution in [0.2, 0.25) is 0 Å². The Labute approximate surface area is 97.4 Å². The van der Waals surface area contributed by atoms with Crippen molar-refractivity contribution >= 4 is 8.80 Å². The van der Waals surface area contributed by atoms with Crippen molar-refractivity contribution in [1.82, 2.24) is 0 Å². The molecule has 96 valence electrons. The van der Waals surface area contributed by atoms with Gasteiger partial charge in [-0.3, -0.25) is 10.1 Å². The van der Waals surface area contributed by atoms with Gasteiger partial charge in [0.1, 0.15) is 0 Å². The summed E-state index contributed by atoms with van der Waals surface area (Å²) in [6.45, 7) is 8.17. The molecule has 0 amide bonds. The van der Waals surface area contributed by atoms with Crippen molar-refractivity contribution in [2.45, 2.75) is 39.8 Å². The highest BCUT2D eigenvalue weighted by Crippen LogP contribution is 2.20. The standard InChI is InChI=1S/C9H21NO5Si/c1-5-9(10(11)12)16(13-6-2,14-7-3)15-8-4/h9H,5-8H2,1-4H3. The van der Waals surface area contributed by atoms with Gasteiger partial charge in [0, 0.05) is 31.2 Å². The van der Waals surface area contributed by atoms with Gasteiger partial charge in [0.15, 0.2) is 0 Å². The lowest BCUT2D eigenvalue weighted by atomic mass is 10.5. The van der Waals surface area contributed by atoms with Crippen LogP contribution in [0.1, 0.15) is 34.1 Å². The summed E-state index contributed by atoms with van der Waals surface area (Å²) in [5, 5.41) is 11.0. The monoisotopic (exact) mass is 251 g/mol. The van der Waals surface area contributed by atoms with E-state index in [-0.39, 0.29) is 4.92 Å². The van der Waals surface area contributed by atoms with E-state index in [1.807, 2.05) is 0 Å². The minimum absolute atomic E-state index is 0.346. The van der Waals surface area contributed by atoms with Crippen LogP contribution in [0.5, 0.6) is 0 Å². The minimum Gasteiger partial charge on any atom is -0.370 e. The molecule has 0 aromatic rings. The van der Waals surface area contributed by atoms with E-state index in [0.717, 1.165) is 0 Å². The van der Waals surface area contributed by atoms with Gasteiger partial charge in [-0.2, -0.15) is 0 Å². The molecule has 0 spiro atoms. The summed E-state index contributed by atoms with van der Waals surface area (Å²) in [5.41, 5.74) is -0.882. The number of nitrogens with zero attached hydrogens (tertiary/aromatic N) is 1. The van der Waals surface area contributed by atoms with E-state index in [1.54, 1.807) is 27.7 Å². The second kappa shape index (κ2) is 7.72. The van der Waals surface area contributed by atoms with Crippen molar-refractivity contribution in [2.24, 2.45) is 0 Å². The van der Waals surface area contributed by atoms with Crippen LogP contribution in [0.4, 0.5) is 0 Å². The third kappa shape index (κ3) is 3.82. The Morgan fingerprint density at radius 1 is 1.06 bits per heavy atom. The average molecular weight is 251 g/mol. The van der Waals surface area contributed by atoms with Gasteiger partial charge in [-0.05, 0) is 20.8 Å². The number of nitro groups is 1. The molecular weight excluding hydrogens is 230 g/mol. The molecular formula is C9H21NO5Si. The van der Waals surface area contributed by atoms with Gasteiger partial charge in [0.2, 0.25) is 0 Å². The second-order valence-electron chi connectivity index (χ2n) is 3.11. The normalized spacial score (nSPS) is 13.8. The fraction of sp³-hybridized carbons (Fsp3) is 1.00. The highest BCUT2D eigenvalue weighted by molar-refractivity contribution is 6.62. The van der Waals surface area contributed by atoms with Gasteiger partial charge in [-0.1, -0.05) is 6.92 Å². The molecule has 0 bridgehead atoms. The summed E-state index contributed by atoms with van der Waals surface area (Å²) >= 11 is 0. The highest BCUT2D eigenvalue weighted by atomic mass is 28.4.